The van der Waals surface area contributed by atoms with Gasteiger partial charge in [-0.3, -0.25) is 4.79 Å². The molecule has 0 saturated heterocycles. The van der Waals surface area contributed by atoms with Crippen LogP contribution in [0.5, 0.6) is 17.2 Å². The van der Waals surface area contributed by atoms with Crippen LogP contribution in [0.25, 0.3) is 10.8 Å². The summed E-state index contributed by atoms with van der Waals surface area (Å²) in [5, 5.41) is 6.04. The standard InChI is InChI=1S/C28H26N2O4/c1-20-8-3-4-10-23(20)18-33-26-15-14-21(16-27(26)32-2)17-29-30-28(31)19-34-25-13-7-11-22-9-5-6-12-24(22)25/h3-17H,18-19H2,1-2H3,(H,30,31)/b29-17+. The molecule has 1 N–H and O–H groups in total. The number of hydrazone groups is 1. The molecule has 0 aliphatic rings. The monoisotopic (exact) mass is 454 g/mol. The number of amides is 1. The second-order valence-electron chi connectivity index (χ2n) is 7.68. The molecule has 0 aromatic heterocycles. The van der Waals surface area contributed by atoms with Crippen LogP contribution >= 0.6 is 0 Å². The molecule has 4 rings (SSSR count). The molecule has 6 heteroatoms. The Hall–Kier alpha value is -4.32. The van der Waals surface area contributed by atoms with Gasteiger partial charge in [-0.2, -0.15) is 5.10 Å². The average Bonchev–Trinajstić information content (AvgIpc) is 2.87. The fraction of sp³-hybridized carbons (Fsp3) is 0.143. The molecular weight excluding hydrogens is 428 g/mol. The van der Waals surface area contributed by atoms with E-state index in [0.29, 0.717) is 23.9 Å². The molecule has 0 bridgehead atoms. The van der Waals surface area contributed by atoms with E-state index in [4.69, 9.17) is 14.2 Å². The Labute approximate surface area is 198 Å². The van der Waals surface area contributed by atoms with Crippen molar-refractivity contribution in [3.63, 3.8) is 0 Å². The Balaban J connectivity index is 1.32. The molecule has 0 atom stereocenters. The number of methoxy groups -OCH3 is 1. The molecule has 4 aromatic rings. The molecule has 0 radical (unpaired) electrons. The number of rotatable bonds is 9. The maximum absolute atomic E-state index is 12.2. The van der Waals surface area contributed by atoms with Crippen molar-refractivity contribution < 1.29 is 19.0 Å². The van der Waals surface area contributed by atoms with Crippen LogP contribution in [0.15, 0.2) is 90.0 Å². The number of benzene rings is 4. The largest absolute Gasteiger partial charge is 0.493 e. The maximum Gasteiger partial charge on any atom is 0.277 e. The lowest BCUT2D eigenvalue weighted by Crippen LogP contribution is -2.24. The fourth-order valence-corrected chi connectivity index (χ4v) is 3.49. The van der Waals surface area contributed by atoms with E-state index in [1.54, 1.807) is 19.4 Å². The van der Waals surface area contributed by atoms with Gasteiger partial charge in [-0.15, -0.1) is 0 Å². The van der Waals surface area contributed by atoms with Crippen molar-refractivity contribution in [3.05, 3.63) is 102 Å². The lowest BCUT2D eigenvalue weighted by molar-refractivity contribution is -0.123. The molecule has 6 nitrogen and oxygen atoms in total. The minimum absolute atomic E-state index is 0.139. The second-order valence-corrected chi connectivity index (χ2v) is 7.68. The van der Waals surface area contributed by atoms with Gasteiger partial charge in [0.1, 0.15) is 12.4 Å². The highest BCUT2D eigenvalue weighted by molar-refractivity contribution is 5.89. The lowest BCUT2D eigenvalue weighted by atomic mass is 10.1. The second kappa shape index (κ2) is 11.0. The number of carbonyl (C=O) groups is 1. The molecule has 0 saturated carbocycles. The fourth-order valence-electron chi connectivity index (χ4n) is 3.49. The number of ether oxygens (including phenoxy) is 3. The van der Waals surface area contributed by atoms with Crippen LogP contribution in [-0.2, 0) is 11.4 Å². The molecule has 4 aromatic carbocycles. The number of hydrogen-bond donors (Lipinski definition) is 1. The lowest BCUT2D eigenvalue weighted by Gasteiger charge is -2.12. The van der Waals surface area contributed by atoms with E-state index in [2.05, 4.69) is 23.5 Å². The summed E-state index contributed by atoms with van der Waals surface area (Å²) in [6.07, 6.45) is 1.55. The number of fused-ring (bicyclic) bond motifs is 1. The molecule has 0 heterocycles. The third-order valence-electron chi connectivity index (χ3n) is 5.34. The summed E-state index contributed by atoms with van der Waals surface area (Å²) in [6, 6.07) is 27.2. The number of nitrogens with one attached hydrogen (secondary N) is 1. The van der Waals surface area contributed by atoms with Crippen molar-refractivity contribution in [1.82, 2.24) is 5.43 Å². The SMILES string of the molecule is COc1cc(/C=N/NC(=O)COc2cccc3ccccc23)ccc1OCc1ccccc1C. The van der Waals surface area contributed by atoms with E-state index >= 15 is 0 Å². The topological polar surface area (TPSA) is 69.2 Å². The Bertz CT molecular complexity index is 1310. The third kappa shape index (κ3) is 5.72. The Morgan fingerprint density at radius 3 is 2.53 bits per heavy atom. The smallest absolute Gasteiger partial charge is 0.277 e. The summed E-state index contributed by atoms with van der Waals surface area (Å²) >= 11 is 0. The number of nitrogens with zero attached hydrogens (tertiary/aromatic N) is 1. The van der Waals surface area contributed by atoms with E-state index in [0.717, 1.165) is 21.9 Å². The van der Waals surface area contributed by atoms with Gasteiger partial charge >= 0.3 is 0 Å². The molecule has 0 aliphatic carbocycles. The first kappa shape index (κ1) is 22.9. The van der Waals surface area contributed by atoms with Crippen LogP contribution in [0.4, 0.5) is 0 Å². The summed E-state index contributed by atoms with van der Waals surface area (Å²) in [5.74, 6) is 1.52. The molecule has 1 amide bonds. The summed E-state index contributed by atoms with van der Waals surface area (Å²) in [6.45, 7) is 2.36. The molecule has 0 aliphatic heterocycles. The zero-order valence-electron chi connectivity index (χ0n) is 19.2. The van der Waals surface area contributed by atoms with Crippen molar-refractivity contribution in [3.8, 4) is 17.2 Å². The van der Waals surface area contributed by atoms with E-state index in [9.17, 15) is 4.79 Å². The molecule has 0 spiro atoms. The number of hydrogen-bond acceptors (Lipinski definition) is 5. The van der Waals surface area contributed by atoms with Crippen LogP contribution in [0, 0.1) is 6.92 Å². The van der Waals surface area contributed by atoms with Gasteiger partial charge in [0.25, 0.3) is 5.91 Å². The van der Waals surface area contributed by atoms with Gasteiger partial charge in [-0.25, -0.2) is 5.43 Å². The number of carbonyl (C=O) groups excluding carboxylic acids is 1. The highest BCUT2D eigenvalue weighted by Gasteiger charge is 2.08. The van der Waals surface area contributed by atoms with Crippen LogP contribution in [0.3, 0.4) is 0 Å². The third-order valence-corrected chi connectivity index (χ3v) is 5.34. The minimum Gasteiger partial charge on any atom is -0.493 e. The van der Waals surface area contributed by atoms with Crippen LogP contribution in [0.1, 0.15) is 16.7 Å². The van der Waals surface area contributed by atoms with Gasteiger partial charge in [0.05, 0.1) is 13.3 Å². The van der Waals surface area contributed by atoms with Crippen LogP contribution in [0.2, 0.25) is 0 Å². The van der Waals surface area contributed by atoms with E-state index in [1.807, 2.05) is 72.8 Å². The van der Waals surface area contributed by atoms with Crippen molar-refractivity contribution in [2.45, 2.75) is 13.5 Å². The molecule has 172 valence electrons. The highest BCUT2D eigenvalue weighted by Crippen LogP contribution is 2.29. The van der Waals surface area contributed by atoms with Crippen molar-refractivity contribution in [1.29, 1.82) is 0 Å². The van der Waals surface area contributed by atoms with Gasteiger partial charge in [-0.05, 0) is 53.3 Å². The van der Waals surface area contributed by atoms with Crippen molar-refractivity contribution in [2.75, 3.05) is 13.7 Å². The van der Waals surface area contributed by atoms with Gasteiger partial charge in [0.2, 0.25) is 0 Å². The summed E-state index contributed by atoms with van der Waals surface area (Å²) in [5.41, 5.74) is 5.53. The normalized spacial score (nSPS) is 10.9. The van der Waals surface area contributed by atoms with Crippen LogP contribution < -0.4 is 19.6 Å². The van der Waals surface area contributed by atoms with Crippen molar-refractivity contribution in [2.24, 2.45) is 5.10 Å². The van der Waals surface area contributed by atoms with Gasteiger partial charge < -0.3 is 14.2 Å². The summed E-state index contributed by atoms with van der Waals surface area (Å²) < 4.78 is 17.1. The van der Waals surface area contributed by atoms with E-state index < -0.39 is 0 Å². The number of aryl methyl sites for hydroxylation is 1. The molecule has 0 fully saturated rings. The average molecular weight is 455 g/mol. The first-order chi connectivity index (χ1) is 16.6. The quantitative estimate of drug-likeness (QED) is 0.277. The maximum atomic E-state index is 12.2. The zero-order valence-corrected chi connectivity index (χ0v) is 19.2. The minimum atomic E-state index is -0.352. The molecule has 34 heavy (non-hydrogen) atoms. The Morgan fingerprint density at radius 1 is 0.882 bits per heavy atom. The van der Waals surface area contributed by atoms with E-state index in [-0.39, 0.29) is 12.5 Å². The molecule has 0 unspecified atom stereocenters. The Kier molecular flexibility index (Phi) is 7.40. The first-order valence-corrected chi connectivity index (χ1v) is 10.9. The zero-order chi connectivity index (χ0) is 23.8. The first-order valence-electron chi connectivity index (χ1n) is 10.9. The summed E-state index contributed by atoms with van der Waals surface area (Å²) in [4.78, 5) is 12.2. The van der Waals surface area contributed by atoms with Crippen molar-refractivity contribution >= 4 is 22.9 Å². The predicted octanol–water partition coefficient (Wildman–Crippen LogP) is 5.26. The van der Waals surface area contributed by atoms with Gasteiger partial charge in [0.15, 0.2) is 18.1 Å². The highest BCUT2D eigenvalue weighted by atomic mass is 16.5. The predicted molar refractivity (Wildman–Crippen MR) is 134 cm³/mol. The molecular formula is C28H26N2O4. The van der Waals surface area contributed by atoms with Gasteiger partial charge in [0, 0.05) is 5.39 Å². The van der Waals surface area contributed by atoms with Gasteiger partial charge in [-0.1, -0.05) is 60.7 Å². The van der Waals surface area contributed by atoms with Crippen LogP contribution in [-0.4, -0.2) is 25.8 Å². The van der Waals surface area contributed by atoms with E-state index in [1.165, 1.54) is 5.56 Å². The Morgan fingerprint density at radius 2 is 1.68 bits per heavy atom. The summed E-state index contributed by atoms with van der Waals surface area (Å²) in [7, 11) is 1.59.